The molecule has 0 radical (unpaired) electrons. The van der Waals surface area contributed by atoms with Crippen LogP contribution in [0.4, 0.5) is 0 Å². The van der Waals surface area contributed by atoms with Crippen LogP contribution >= 0.6 is 11.6 Å². The van der Waals surface area contributed by atoms with Gasteiger partial charge in [0.15, 0.2) is 6.04 Å². The van der Waals surface area contributed by atoms with Gasteiger partial charge in [-0.1, -0.05) is 11.6 Å². The Hall–Kier alpha value is -2.54. The summed E-state index contributed by atoms with van der Waals surface area (Å²) in [6.45, 7) is 0.265. The number of methoxy groups -OCH3 is 1. The van der Waals surface area contributed by atoms with Crippen molar-refractivity contribution in [3.05, 3.63) is 46.5 Å². The first kappa shape index (κ1) is 15.4. The van der Waals surface area contributed by atoms with Gasteiger partial charge in [-0.05, 0) is 18.2 Å². The molecule has 1 aromatic heterocycles. The van der Waals surface area contributed by atoms with E-state index in [1.165, 1.54) is 24.4 Å². The number of carbonyl (C=O) groups excluding carboxylic acids is 1. The number of nitrogens with one attached hydrogen (secondary N) is 1. The summed E-state index contributed by atoms with van der Waals surface area (Å²) in [7, 11) is 1.44. The standard InChI is InChI=1S/C15H14ClN3O4/c1-23-11-3-2-8(16)6-9(11)14(20)19-5-4-10-12(18-7-17-10)13(19)15(21)22/h2-3,6-7,13H,4-5H2,1H3,(H,17,18)(H,21,22). The maximum Gasteiger partial charge on any atom is 0.332 e. The second kappa shape index (κ2) is 5.92. The number of carboxylic acid groups (broad SMARTS) is 1. The molecule has 1 unspecified atom stereocenters. The summed E-state index contributed by atoms with van der Waals surface area (Å²) in [5, 5.41) is 9.92. The zero-order valence-corrected chi connectivity index (χ0v) is 13.0. The average molecular weight is 336 g/mol. The summed E-state index contributed by atoms with van der Waals surface area (Å²) in [6.07, 6.45) is 1.95. The smallest absolute Gasteiger partial charge is 0.332 e. The number of carboxylic acids is 1. The second-order valence-electron chi connectivity index (χ2n) is 5.10. The molecule has 0 saturated carbocycles. The molecule has 1 amide bonds. The maximum absolute atomic E-state index is 12.9. The first-order valence-corrected chi connectivity index (χ1v) is 7.30. The van der Waals surface area contributed by atoms with Gasteiger partial charge >= 0.3 is 5.97 Å². The number of halogens is 1. The molecule has 23 heavy (non-hydrogen) atoms. The van der Waals surface area contributed by atoms with E-state index < -0.39 is 17.9 Å². The molecular weight excluding hydrogens is 322 g/mol. The van der Waals surface area contributed by atoms with Gasteiger partial charge in [-0.15, -0.1) is 0 Å². The Morgan fingerprint density at radius 3 is 2.96 bits per heavy atom. The molecule has 8 heteroatoms. The van der Waals surface area contributed by atoms with Crippen LogP contribution in [-0.2, 0) is 11.2 Å². The SMILES string of the molecule is COc1ccc(Cl)cc1C(=O)N1CCc2[nH]cnc2C1C(=O)O. The van der Waals surface area contributed by atoms with E-state index in [-0.39, 0.29) is 12.1 Å². The van der Waals surface area contributed by atoms with Crippen LogP contribution in [-0.4, -0.2) is 45.5 Å². The monoisotopic (exact) mass is 335 g/mol. The van der Waals surface area contributed by atoms with Crippen LogP contribution in [0.15, 0.2) is 24.5 Å². The summed E-state index contributed by atoms with van der Waals surface area (Å²) in [6, 6.07) is 3.52. The molecule has 2 aromatic rings. The predicted molar refractivity (Wildman–Crippen MR) is 81.7 cm³/mol. The number of imidazole rings is 1. The van der Waals surface area contributed by atoms with Crippen LogP contribution < -0.4 is 4.74 Å². The van der Waals surface area contributed by atoms with Gasteiger partial charge in [-0.2, -0.15) is 0 Å². The Morgan fingerprint density at radius 1 is 1.48 bits per heavy atom. The summed E-state index contributed by atoms with van der Waals surface area (Å²) >= 11 is 5.96. The first-order chi connectivity index (χ1) is 11.0. The third-order valence-electron chi connectivity index (χ3n) is 3.81. The van der Waals surface area contributed by atoms with Gasteiger partial charge in [0, 0.05) is 23.7 Å². The van der Waals surface area contributed by atoms with E-state index in [1.54, 1.807) is 12.1 Å². The number of rotatable bonds is 3. The minimum Gasteiger partial charge on any atom is -0.496 e. The number of carbonyl (C=O) groups is 2. The van der Waals surface area contributed by atoms with Gasteiger partial charge in [0.25, 0.3) is 5.91 Å². The summed E-state index contributed by atoms with van der Waals surface area (Å²) in [5.74, 6) is -1.24. The second-order valence-corrected chi connectivity index (χ2v) is 5.54. The average Bonchev–Trinajstić information content (AvgIpc) is 3.01. The normalized spacial score (nSPS) is 16.8. The summed E-state index contributed by atoms with van der Waals surface area (Å²) in [4.78, 5) is 32.8. The third kappa shape index (κ3) is 2.63. The van der Waals surface area contributed by atoms with Crippen molar-refractivity contribution in [2.24, 2.45) is 0 Å². The topological polar surface area (TPSA) is 95.5 Å². The molecule has 0 spiro atoms. The lowest BCUT2D eigenvalue weighted by Crippen LogP contribution is -2.43. The van der Waals surface area contributed by atoms with E-state index in [1.807, 2.05) is 0 Å². The van der Waals surface area contributed by atoms with Crippen molar-refractivity contribution in [3.63, 3.8) is 0 Å². The number of benzene rings is 1. The van der Waals surface area contributed by atoms with Gasteiger partial charge in [-0.25, -0.2) is 9.78 Å². The molecule has 120 valence electrons. The number of nitrogens with zero attached hydrogens (tertiary/aromatic N) is 2. The van der Waals surface area contributed by atoms with Crippen molar-refractivity contribution in [1.82, 2.24) is 14.9 Å². The van der Waals surface area contributed by atoms with E-state index >= 15 is 0 Å². The van der Waals surface area contributed by atoms with Crippen LogP contribution in [0.5, 0.6) is 5.75 Å². The van der Waals surface area contributed by atoms with Gasteiger partial charge in [0.1, 0.15) is 5.75 Å². The van der Waals surface area contributed by atoms with E-state index in [0.717, 1.165) is 5.69 Å². The van der Waals surface area contributed by atoms with Crippen molar-refractivity contribution in [2.45, 2.75) is 12.5 Å². The molecule has 0 bridgehead atoms. The molecule has 1 aromatic carbocycles. The number of amides is 1. The van der Waals surface area contributed by atoms with Crippen LogP contribution in [0, 0.1) is 0 Å². The quantitative estimate of drug-likeness (QED) is 0.893. The number of aliphatic carboxylic acids is 1. The van der Waals surface area contributed by atoms with Crippen LogP contribution in [0.3, 0.4) is 0 Å². The van der Waals surface area contributed by atoms with Crippen molar-refractivity contribution in [2.75, 3.05) is 13.7 Å². The fraction of sp³-hybridized carbons (Fsp3) is 0.267. The zero-order valence-electron chi connectivity index (χ0n) is 12.2. The highest BCUT2D eigenvalue weighted by Crippen LogP contribution is 2.32. The molecular formula is C15H14ClN3O4. The van der Waals surface area contributed by atoms with Crippen molar-refractivity contribution in [1.29, 1.82) is 0 Å². The van der Waals surface area contributed by atoms with Crippen molar-refractivity contribution in [3.8, 4) is 5.75 Å². The lowest BCUT2D eigenvalue weighted by atomic mass is 10.0. The number of hydrogen-bond donors (Lipinski definition) is 2. The molecule has 0 fully saturated rings. The number of fused-ring (bicyclic) bond motifs is 1. The van der Waals surface area contributed by atoms with Crippen molar-refractivity contribution >= 4 is 23.5 Å². The van der Waals surface area contributed by atoms with Gasteiger partial charge in [-0.3, -0.25) is 4.79 Å². The lowest BCUT2D eigenvalue weighted by Gasteiger charge is -2.32. The first-order valence-electron chi connectivity index (χ1n) is 6.92. The maximum atomic E-state index is 12.9. The van der Waals surface area contributed by atoms with Gasteiger partial charge in [0.05, 0.1) is 24.7 Å². The highest BCUT2D eigenvalue weighted by molar-refractivity contribution is 6.31. The van der Waals surface area contributed by atoms with E-state index in [2.05, 4.69) is 9.97 Å². The Bertz CT molecular complexity index is 774. The number of hydrogen-bond acceptors (Lipinski definition) is 4. The highest BCUT2D eigenvalue weighted by atomic mass is 35.5. The molecule has 1 aliphatic heterocycles. The molecule has 7 nitrogen and oxygen atoms in total. The largest absolute Gasteiger partial charge is 0.496 e. The van der Waals surface area contributed by atoms with Crippen molar-refractivity contribution < 1.29 is 19.4 Å². The molecule has 2 N–H and O–H groups in total. The van der Waals surface area contributed by atoms with Crippen LogP contribution in [0.2, 0.25) is 5.02 Å². The molecule has 1 aliphatic rings. The molecule has 0 saturated heterocycles. The predicted octanol–water partition coefficient (Wildman–Crippen LogP) is 1.90. The minimum atomic E-state index is -1.14. The third-order valence-corrected chi connectivity index (χ3v) is 4.05. The number of H-pyrrole nitrogens is 1. The fourth-order valence-electron chi connectivity index (χ4n) is 2.75. The Morgan fingerprint density at radius 2 is 2.26 bits per heavy atom. The highest BCUT2D eigenvalue weighted by Gasteiger charge is 2.39. The molecule has 0 aliphatic carbocycles. The number of aromatic nitrogens is 2. The minimum absolute atomic E-state index is 0.227. The fourth-order valence-corrected chi connectivity index (χ4v) is 2.92. The lowest BCUT2D eigenvalue weighted by molar-refractivity contribution is -0.143. The van der Waals surface area contributed by atoms with E-state index in [0.29, 0.717) is 22.9 Å². The van der Waals surface area contributed by atoms with E-state index in [4.69, 9.17) is 16.3 Å². The number of aromatic amines is 1. The van der Waals surface area contributed by atoms with Crippen LogP contribution in [0.1, 0.15) is 27.8 Å². The summed E-state index contributed by atoms with van der Waals surface area (Å²) < 4.78 is 5.19. The Kier molecular flexibility index (Phi) is 3.96. The Balaban J connectivity index is 2.02. The Labute approximate surface area is 136 Å². The summed E-state index contributed by atoms with van der Waals surface area (Å²) in [5.41, 5.74) is 1.32. The van der Waals surface area contributed by atoms with E-state index in [9.17, 15) is 14.7 Å². The van der Waals surface area contributed by atoms with Gasteiger partial charge < -0.3 is 19.7 Å². The molecule has 3 rings (SSSR count). The number of ether oxygens (including phenoxy) is 1. The van der Waals surface area contributed by atoms with Gasteiger partial charge in [0.2, 0.25) is 0 Å². The molecule has 1 atom stereocenters. The molecule has 2 heterocycles. The zero-order chi connectivity index (χ0) is 16.6. The van der Waals surface area contributed by atoms with Crippen LogP contribution in [0.25, 0.3) is 0 Å².